The lowest BCUT2D eigenvalue weighted by atomic mass is 9.97. The van der Waals surface area contributed by atoms with Crippen molar-refractivity contribution in [1.82, 2.24) is 4.90 Å². The molecule has 0 radical (unpaired) electrons. The molecule has 20 heavy (non-hydrogen) atoms. The van der Waals surface area contributed by atoms with Crippen LogP contribution in [0, 0.1) is 0 Å². The Morgan fingerprint density at radius 1 is 1.50 bits per heavy atom. The van der Waals surface area contributed by atoms with E-state index in [-0.39, 0.29) is 11.9 Å². The minimum atomic E-state index is 0.0499. The van der Waals surface area contributed by atoms with Crippen molar-refractivity contribution in [1.29, 1.82) is 0 Å². The third-order valence-electron chi connectivity index (χ3n) is 3.72. The largest absolute Gasteiger partial charge is 0.409 e. The van der Waals surface area contributed by atoms with Crippen LogP contribution in [0.5, 0.6) is 0 Å². The summed E-state index contributed by atoms with van der Waals surface area (Å²) in [6.07, 6.45) is 1.02. The average Bonchev–Trinajstić information content (AvgIpc) is 2.46. The summed E-state index contributed by atoms with van der Waals surface area (Å²) < 4.78 is 5.92. The number of fused-ring (bicyclic) bond motifs is 1. The zero-order chi connectivity index (χ0) is 14.5. The molecule has 0 saturated heterocycles. The molecule has 0 spiro atoms. The normalized spacial score (nSPS) is 19.4. The number of nitrogens with zero attached hydrogens (tertiary/aromatic N) is 2. The molecule has 5 heteroatoms. The van der Waals surface area contributed by atoms with Crippen molar-refractivity contribution in [2.75, 3.05) is 19.7 Å². The molecule has 0 bridgehead atoms. The molecule has 1 aliphatic rings. The first kappa shape index (κ1) is 14.8. The fraction of sp³-hybridized carbons (Fsp3) is 0.533. The number of hydrogen-bond acceptors (Lipinski definition) is 4. The summed E-state index contributed by atoms with van der Waals surface area (Å²) in [7, 11) is 0. The van der Waals surface area contributed by atoms with Crippen LogP contribution in [-0.4, -0.2) is 41.7 Å². The molecule has 110 valence electrons. The van der Waals surface area contributed by atoms with Gasteiger partial charge in [0.1, 0.15) is 0 Å². The molecular formula is C15H23N3O2. The van der Waals surface area contributed by atoms with Gasteiger partial charge in [-0.1, -0.05) is 29.4 Å². The lowest BCUT2D eigenvalue weighted by molar-refractivity contribution is 0.0128. The summed E-state index contributed by atoms with van der Waals surface area (Å²) in [5.41, 5.74) is 8.24. The van der Waals surface area contributed by atoms with E-state index in [4.69, 9.17) is 15.7 Å². The van der Waals surface area contributed by atoms with E-state index in [0.29, 0.717) is 12.6 Å². The number of nitrogens with two attached hydrogens (primary N) is 1. The van der Waals surface area contributed by atoms with Crippen molar-refractivity contribution < 1.29 is 9.94 Å². The zero-order valence-corrected chi connectivity index (χ0v) is 12.1. The van der Waals surface area contributed by atoms with Crippen molar-refractivity contribution in [2.45, 2.75) is 32.4 Å². The van der Waals surface area contributed by atoms with Crippen LogP contribution < -0.4 is 5.73 Å². The molecule has 5 nitrogen and oxygen atoms in total. The lowest BCUT2D eigenvalue weighted by Gasteiger charge is -2.33. The Hall–Kier alpha value is -1.59. The average molecular weight is 277 g/mol. The Morgan fingerprint density at radius 2 is 2.25 bits per heavy atom. The van der Waals surface area contributed by atoms with Crippen molar-refractivity contribution in [3.05, 3.63) is 35.4 Å². The predicted molar refractivity (Wildman–Crippen MR) is 79.0 cm³/mol. The summed E-state index contributed by atoms with van der Waals surface area (Å²) in [5.74, 6) is 0.225. The molecule has 1 atom stereocenters. The molecule has 0 fully saturated rings. The monoisotopic (exact) mass is 277 g/mol. The Labute approximate surface area is 120 Å². The van der Waals surface area contributed by atoms with Crippen LogP contribution in [0.2, 0.25) is 0 Å². The zero-order valence-electron chi connectivity index (χ0n) is 12.1. The van der Waals surface area contributed by atoms with E-state index in [2.05, 4.69) is 42.1 Å². The van der Waals surface area contributed by atoms with Gasteiger partial charge in [0.2, 0.25) is 0 Å². The second-order valence-electron chi connectivity index (χ2n) is 5.42. The van der Waals surface area contributed by atoms with Gasteiger partial charge in [-0.25, -0.2) is 0 Å². The van der Waals surface area contributed by atoms with Crippen molar-refractivity contribution in [2.24, 2.45) is 10.9 Å². The maximum Gasteiger partial charge on any atom is 0.153 e. The predicted octanol–water partition coefficient (Wildman–Crippen LogP) is 1.76. The molecule has 1 unspecified atom stereocenters. The van der Waals surface area contributed by atoms with E-state index in [1.54, 1.807) is 0 Å². The Bertz CT molecular complexity index is 474. The van der Waals surface area contributed by atoms with Gasteiger partial charge >= 0.3 is 0 Å². The molecular weight excluding hydrogens is 254 g/mol. The molecule has 0 aliphatic carbocycles. The summed E-state index contributed by atoms with van der Waals surface area (Å²) in [4.78, 5) is 2.15. The van der Waals surface area contributed by atoms with Gasteiger partial charge in [-0.05, 0) is 31.4 Å². The molecule has 0 aromatic heterocycles. The van der Waals surface area contributed by atoms with Crippen LogP contribution in [0.1, 0.15) is 31.1 Å². The van der Waals surface area contributed by atoms with Gasteiger partial charge in [-0.3, -0.25) is 4.90 Å². The summed E-state index contributed by atoms with van der Waals surface area (Å²) in [6.45, 7) is 6.12. The van der Waals surface area contributed by atoms with E-state index in [0.717, 1.165) is 19.6 Å². The molecule has 1 aromatic carbocycles. The highest BCUT2D eigenvalue weighted by molar-refractivity contribution is 5.81. The number of ether oxygens (including phenoxy) is 1. The third-order valence-corrected chi connectivity index (χ3v) is 3.72. The van der Waals surface area contributed by atoms with Crippen molar-refractivity contribution in [3.63, 3.8) is 0 Å². The van der Waals surface area contributed by atoms with Gasteiger partial charge < -0.3 is 15.7 Å². The van der Waals surface area contributed by atoms with Crippen LogP contribution in [0.25, 0.3) is 0 Å². The standard InChI is InChI=1S/C15H23N3O2/c1-11(2)18(10-15(16)17-19)9-14-13-6-4-3-5-12(13)7-8-20-14/h3-6,11,14,19H,7-10H2,1-2H3,(H2,16,17). The first-order valence-corrected chi connectivity index (χ1v) is 7.01. The molecule has 2 rings (SSSR count). The third kappa shape index (κ3) is 3.49. The number of hydrogen-bond donors (Lipinski definition) is 2. The summed E-state index contributed by atoms with van der Waals surface area (Å²) in [6, 6.07) is 8.70. The molecule has 0 saturated carbocycles. The molecule has 1 aromatic rings. The van der Waals surface area contributed by atoms with E-state index < -0.39 is 0 Å². The first-order valence-electron chi connectivity index (χ1n) is 7.01. The quantitative estimate of drug-likeness (QED) is 0.372. The van der Waals surface area contributed by atoms with Crippen molar-refractivity contribution in [3.8, 4) is 0 Å². The number of benzene rings is 1. The van der Waals surface area contributed by atoms with Crippen LogP contribution in [0.15, 0.2) is 29.4 Å². The van der Waals surface area contributed by atoms with Gasteiger partial charge in [0.05, 0.1) is 19.3 Å². The maximum absolute atomic E-state index is 8.73. The first-order chi connectivity index (χ1) is 9.61. The van der Waals surface area contributed by atoms with E-state index >= 15 is 0 Å². The lowest BCUT2D eigenvalue weighted by Crippen LogP contribution is -2.42. The van der Waals surface area contributed by atoms with Gasteiger partial charge in [-0.2, -0.15) is 0 Å². The Balaban J connectivity index is 2.12. The summed E-state index contributed by atoms with van der Waals surface area (Å²) in [5, 5.41) is 11.8. The second-order valence-corrected chi connectivity index (χ2v) is 5.42. The molecule has 1 aliphatic heterocycles. The van der Waals surface area contributed by atoms with Gasteiger partial charge in [0, 0.05) is 12.6 Å². The second kappa shape index (κ2) is 6.72. The van der Waals surface area contributed by atoms with E-state index in [1.807, 2.05) is 6.07 Å². The van der Waals surface area contributed by atoms with Crippen LogP contribution in [-0.2, 0) is 11.2 Å². The Kier molecular flexibility index (Phi) is 4.98. The minimum absolute atomic E-state index is 0.0499. The number of rotatable bonds is 5. The number of oxime groups is 1. The summed E-state index contributed by atoms with van der Waals surface area (Å²) >= 11 is 0. The topological polar surface area (TPSA) is 71.1 Å². The fourth-order valence-electron chi connectivity index (χ4n) is 2.54. The van der Waals surface area contributed by atoms with E-state index in [1.165, 1.54) is 11.1 Å². The minimum Gasteiger partial charge on any atom is -0.409 e. The van der Waals surface area contributed by atoms with E-state index in [9.17, 15) is 0 Å². The highest BCUT2D eigenvalue weighted by Crippen LogP contribution is 2.28. The fourth-order valence-corrected chi connectivity index (χ4v) is 2.54. The van der Waals surface area contributed by atoms with Gasteiger partial charge in [0.25, 0.3) is 0 Å². The van der Waals surface area contributed by atoms with Crippen LogP contribution >= 0.6 is 0 Å². The molecule has 3 N–H and O–H groups in total. The number of amidine groups is 1. The maximum atomic E-state index is 8.73. The van der Waals surface area contributed by atoms with Crippen LogP contribution in [0.4, 0.5) is 0 Å². The Morgan fingerprint density at radius 3 is 2.95 bits per heavy atom. The molecule has 0 amide bonds. The highest BCUT2D eigenvalue weighted by Gasteiger charge is 2.24. The molecule has 1 heterocycles. The van der Waals surface area contributed by atoms with Gasteiger partial charge in [0.15, 0.2) is 5.84 Å². The van der Waals surface area contributed by atoms with Gasteiger partial charge in [-0.15, -0.1) is 0 Å². The SMILES string of the molecule is CC(C)N(CC(N)=NO)CC1OCCc2ccccc21. The smallest absolute Gasteiger partial charge is 0.153 e. The van der Waals surface area contributed by atoms with Crippen LogP contribution in [0.3, 0.4) is 0 Å². The van der Waals surface area contributed by atoms with Crippen molar-refractivity contribution >= 4 is 5.84 Å². The highest BCUT2D eigenvalue weighted by atomic mass is 16.5.